The topological polar surface area (TPSA) is 34.4 Å². The van der Waals surface area contributed by atoms with Crippen LogP contribution in [-0.2, 0) is 4.79 Å². The monoisotopic (exact) mass is 278 g/mol. The van der Waals surface area contributed by atoms with E-state index in [1.807, 2.05) is 24.4 Å². The predicted octanol–water partition coefficient (Wildman–Crippen LogP) is 3.95. The van der Waals surface area contributed by atoms with Crippen LogP contribution in [0.5, 0.6) is 0 Å². The predicted molar refractivity (Wildman–Crippen MR) is 67.8 cm³/mol. The summed E-state index contributed by atoms with van der Waals surface area (Å²) in [6.45, 7) is 4.18. The van der Waals surface area contributed by atoms with Gasteiger partial charge in [0.05, 0.1) is 5.52 Å². The maximum Gasteiger partial charge on any atom is 0.240 e. The molecule has 0 radical (unpaired) electrons. The van der Waals surface area contributed by atoms with Crippen molar-refractivity contribution in [2.75, 3.05) is 0 Å². The first-order chi connectivity index (χ1) is 7.65. The zero-order valence-corrected chi connectivity index (χ0v) is 10.7. The van der Waals surface area contributed by atoms with Gasteiger partial charge in [0.15, 0.2) is 0 Å². The van der Waals surface area contributed by atoms with Crippen LogP contribution in [0.4, 0.5) is 5.69 Å². The minimum Gasteiger partial charge on any atom is -0.343 e. The average Bonchev–Trinajstić information content (AvgIpc) is 2.59. The molecule has 82 valence electrons. The third-order valence-electron chi connectivity index (χ3n) is 2.51. The summed E-state index contributed by atoms with van der Waals surface area (Å²) in [6.07, 6.45) is 3.48. The maximum atomic E-state index is 10.4. The largest absolute Gasteiger partial charge is 0.343 e. The van der Waals surface area contributed by atoms with E-state index in [4.69, 9.17) is 0 Å². The van der Waals surface area contributed by atoms with Crippen LogP contribution < -0.4 is 0 Å². The van der Waals surface area contributed by atoms with E-state index in [0.29, 0.717) is 11.7 Å². The lowest BCUT2D eigenvalue weighted by Gasteiger charge is -2.08. The number of benzene rings is 1. The summed E-state index contributed by atoms with van der Waals surface area (Å²) >= 11 is 3.48. The van der Waals surface area contributed by atoms with Crippen molar-refractivity contribution in [2.24, 2.45) is 4.99 Å². The molecule has 2 aromatic rings. The van der Waals surface area contributed by atoms with Crippen LogP contribution in [0.2, 0.25) is 0 Å². The highest BCUT2D eigenvalue weighted by Crippen LogP contribution is 2.35. The molecule has 0 spiro atoms. The average molecular weight is 279 g/mol. The van der Waals surface area contributed by atoms with Crippen LogP contribution in [-0.4, -0.2) is 10.6 Å². The van der Waals surface area contributed by atoms with Crippen molar-refractivity contribution in [2.45, 2.75) is 19.9 Å². The fraction of sp³-hybridized carbons (Fsp3) is 0.250. The fourth-order valence-electron chi connectivity index (χ4n) is 1.81. The van der Waals surface area contributed by atoms with Gasteiger partial charge in [-0.05, 0) is 26.0 Å². The quantitative estimate of drug-likeness (QED) is 0.605. The third kappa shape index (κ3) is 1.70. The van der Waals surface area contributed by atoms with Gasteiger partial charge in [-0.25, -0.2) is 4.79 Å². The summed E-state index contributed by atoms with van der Waals surface area (Å²) in [5.41, 5.74) is 1.73. The Labute approximate surface area is 102 Å². The molecule has 0 atom stereocenters. The van der Waals surface area contributed by atoms with Crippen LogP contribution >= 0.6 is 15.9 Å². The normalized spacial score (nSPS) is 10.8. The molecule has 3 nitrogen and oxygen atoms in total. The van der Waals surface area contributed by atoms with E-state index in [2.05, 4.69) is 39.3 Å². The second kappa shape index (κ2) is 4.24. The molecule has 0 amide bonds. The molecule has 4 heteroatoms. The molecule has 0 saturated carbocycles. The molecule has 1 heterocycles. The first kappa shape index (κ1) is 11.1. The number of isocyanates is 1. The van der Waals surface area contributed by atoms with Crippen LogP contribution in [0.1, 0.15) is 19.9 Å². The highest BCUT2D eigenvalue weighted by atomic mass is 79.9. The summed E-state index contributed by atoms with van der Waals surface area (Å²) in [5, 5.41) is 0.958. The van der Waals surface area contributed by atoms with Crippen molar-refractivity contribution < 1.29 is 4.79 Å². The van der Waals surface area contributed by atoms with Crippen molar-refractivity contribution in [3.8, 4) is 0 Å². The Hall–Kier alpha value is -1.38. The van der Waals surface area contributed by atoms with Crippen molar-refractivity contribution in [1.29, 1.82) is 0 Å². The standard InChI is InChI=1S/C12H11BrN2O/c1-8(2)15-6-10(14-7-16)12-9(13)4-3-5-11(12)15/h3-6,8H,1-2H3. The van der Waals surface area contributed by atoms with Gasteiger partial charge < -0.3 is 4.57 Å². The number of aromatic nitrogens is 1. The molecule has 0 bridgehead atoms. The first-order valence-corrected chi connectivity index (χ1v) is 5.81. The highest BCUT2D eigenvalue weighted by Gasteiger charge is 2.12. The SMILES string of the molecule is CC(C)n1cc(N=C=O)c2c(Br)cccc21. The molecular weight excluding hydrogens is 268 g/mol. The summed E-state index contributed by atoms with van der Waals surface area (Å²) in [4.78, 5) is 14.1. The molecule has 1 aromatic heterocycles. The van der Waals surface area contributed by atoms with E-state index in [-0.39, 0.29) is 0 Å². The molecule has 0 aliphatic rings. The number of hydrogen-bond acceptors (Lipinski definition) is 2. The molecule has 0 saturated heterocycles. The van der Waals surface area contributed by atoms with Gasteiger partial charge in [0.1, 0.15) is 5.69 Å². The third-order valence-corrected chi connectivity index (χ3v) is 3.17. The Morgan fingerprint density at radius 2 is 2.19 bits per heavy atom. The van der Waals surface area contributed by atoms with Crippen molar-refractivity contribution >= 4 is 38.6 Å². The summed E-state index contributed by atoms with van der Waals surface area (Å²) in [5.74, 6) is 0. The Morgan fingerprint density at radius 1 is 1.44 bits per heavy atom. The van der Waals surface area contributed by atoms with Crippen molar-refractivity contribution in [1.82, 2.24) is 4.57 Å². The molecule has 16 heavy (non-hydrogen) atoms. The van der Waals surface area contributed by atoms with Gasteiger partial charge in [-0.1, -0.05) is 22.0 Å². The summed E-state index contributed by atoms with van der Waals surface area (Å²) in [6, 6.07) is 6.26. The number of hydrogen-bond donors (Lipinski definition) is 0. The van der Waals surface area contributed by atoms with Crippen LogP contribution in [0.15, 0.2) is 33.9 Å². The lowest BCUT2D eigenvalue weighted by molar-refractivity contribution is 0.565. The Morgan fingerprint density at radius 3 is 2.81 bits per heavy atom. The number of halogens is 1. The van der Waals surface area contributed by atoms with Crippen LogP contribution in [0, 0.1) is 0 Å². The van der Waals surface area contributed by atoms with Gasteiger partial charge in [-0.2, -0.15) is 4.99 Å². The van der Waals surface area contributed by atoms with Crippen LogP contribution in [0.3, 0.4) is 0 Å². The number of rotatable bonds is 2. The van der Waals surface area contributed by atoms with Gasteiger partial charge >= 0.3 is 0 Å². The molecule has 1 aromatic carbocycles. The minimum absolute atomic E-state index is 0.326. The minimum atomic E-state index is 0.326. The van der Waals surface area contributed by atoms with Gasteiger partial charge in [0, 0.05) is 22.1 Å². The smallest absolute Gasteiger partial charge is 0.240 e. The number of carbonyl (C=O) groups excluding carboxylic acids is 1. The second-order valence-corrected chi connectivity index (χ2v) is 4.71. The molecule has 0 fully saturated rings. The zero-order valence-electron chi connectivity index (χ0n) is 9.07. The van der Waals surface area contributed by atoms with E-state index in [9.17, 15) is 4.79 Å². The number of aliphatic imine (C=N–C) groups is 1. The lowest BCUT2D eigenvalue weighted by Crippen LogP contribution is -1.97. The molecular formula is C12H11BrN2O. The maximum absolute atomic E-state index is 10.4. The van der Waals surface area contributed by atoms with Gasteiger partial charge in [-0.15, -0.1) is 0 Å². The van der Waals surface area contributed by atoms with E-state index in [0.717, 1.165) is 15.4 Å². The fourth-order valence-corrected chi connectivity index (χ4v) is 2.37. The molecule has 0 aliphatic carbocycles. The number of nitrogens with zero attached hydrogens (tertiary/aromatic N) is 2. The molecule has 0 unspecified atom stereocenters. The summed E-state index contributed by atoms with van der Waals surface area (Å²) < 4.78 is 3.04. The van der Waals surface area contributed by atoms with Crippen molar-refractivity contribution in [3.05, 3.63) is 28.9 Å². The first-order valence-electron chi connectivity index (χ1n) is 5.02. The summed E-state index contributed by atoms with van der Waals surface area (Å²) in [7, 11) is 0. The molecule has 0 aliphatic heterocycles. The number of fused-ring (bicyclic) bond motifs is 1. The van der Waals surface area contributed by atoms with E-state index in [1.54, 1.807) is 6.08 Å². The van der Waals surface area contributed by atoms with E-state index < -0.39 is 0 Å². The molecule has 2 rings (SSSR count). The Bertz CT molecular complexity index is 580. The van der Waals surface area contributed by atoms with E-state index >= 15 is 0 Å². The molecule has 0 N–H and O–H groups in total. The van der Waals surface area contributed by atoms with Crippen molar-refractivity contribution in [3.63, 3.8) is 0 Å². The highest BCUT2D eigenvalue weighted by molar-refractivity contribution is 9.10. The van der Waals surface area contributed by atoms with Gasteiger partial charge in [-0.3, -0.25) is 0 Å². The lowest BCUT2D eigenvalue weighted by atomic mass is 10.2. The Balaban J connectivity index is 2.87. The second-order valence-electron chi connectivity index (χ2n) is 3.85. The van der Waals surface area contributed by atoms with E-state index in [1.165, 1.54) is 0 Å². The van der Waals surface area contributed by atoms with Gasteiger partial charge in [0.25, 0.3) is 0 Å². The van der Waals surface area contributed by atoms with Crippen LogP contribution in [0.25, 0.3) is 10.9 Å². The van der Waals surface area contributed by atoms with Gasteiger partial charge in [0.2, 0.25) is 6.08 Å². The Kier molecular flexibility index (Phi) is 2.95. The zero-order chi connectivity index (χ0) is 11.7.